The Kier molecular flexibility index (Phi) is 3.69. The maximum Gasteiger partial charge on any atom is 0.232 e. The van der Waals surface area contributed by atoms with Gasteiger partial charge in [-0.2, -0.15) is 0 Å². The van der Waals surface area contributed by atoms with E-state index < -0.39 is 0 Å². The van der Waals surface area contributed by atoms with Gasteiger partial charge < -0.3 is 0 Å². The Bertz CT molecular complexity index is 275. The molecule has 1 aliphatic carbocycles. The van der Waals surface area contributed by atoms with Gasteiger partial charge in [-0.25, -0.2) is 0 Å². The zero-order valence-corrected chi connectivity index (χ0v) is 9.12. The van der Waals surface area contributed by atoms with E-state index >= 15 is 0 Å². The Morgan fingerprint density at radius 1 is 1.71 bits per heavy atom. The van der Waals surface area contributed by atoms with Gasteiger partial charge >= 0.3 is 0 Å². The molecular weight excluding hydrogens is 202 g/mol. The molecule has 0 aromatic rings. The Morgan fingerprint density at radius 2 is 2.36 bits per heavy atom. The molecule has 4 heteroatoms. The highest BCUT2D eigenvalue weighted by atomic mass is 35.5. The summed E-state index contributed by atoms with van der Waals surface area (Å²) in [6, 6.07) is 0. The van der Waals surface area contributed by atoms with Gasteiger partial charge in [-0.3, -0.25) is 14.5 Å². The van der Waals surface area contributed by atoms with Gasteiger partial charge in [0.05, 0.1) is 0 Å². The summed E-state index contributed by atoms with van der Waals surface area (Å²) in [5.41, 5.74) is 0. The maximum atomic E-state index is 11.7. The van der Waals surface area contributed by atoms with Gasteiger partial charge in [-0.15, -0.1) is 0 Å². The van der Waals surface area contributed by atoms with Crippen LogP contribution in [0, 0.1) is 11.8 Å². The second-order valence-electron chi connectivity index (χ2n) is 3.73. The van der Waals surface area contributed by atoms with Crippen LogP contribution >= 0.6 is 11.6 Å². The van der Waals surface area contributed by atoms with E-state index in [1.54, 1.807) is 0 Å². The maximum absolute atomic E-state index is 11.7. The van der Waals surface area contributed by atoms with Crippen LogP contribution in [0.25, 0.3) is 0 Å². The van der Waals surface area contributed by atoms with Crippen molar-refractivity contribution in [2.75, 3.05) is 7.05 Å². The molecule has 0 fully saturated rings. The van der Waals surface area contributed by atoms with Gasteiger partial charge in [0, 0.05) is 18.0 Å². The number of carbonyl (C=O) groups excluding carboxylic acids is 2. The molecule has 0 spiro atoms. The van der Waals surface area contributed by atoms with Crippen LogP contribution in [0.2, 0.25) is 0 Å². The Labute approximate surface area is 88.7 Å². The molecule has 0 aromatic carbocycles. The molecule has 2 atom stereocenters. The van der Waals surface area contributed by atoms with Crippen LogP contribution in [0.1, 0.15) is 19.8 Å². The smallest absolute Gasteiger partial charge is 0.232 e. The number of hydrogen-bond acceptors (Lipinski definition) is 2. The highest BCUT2D eigenvalue weighted by Gasteiger charge is 2.29. The molecule has 0 aliphatic heterocycles. The van der Waals surface area contributed by atoms with Crippen LogP contribution in [0.4, 0.5) is 0 Å². The van der Waals surface area contributed by atoms with E-state index in [0.29, 0.717) is 12.8 Å². The fourth-order valence-corrected chi connectivity index (χ4v) is 2.01. The lowest BCUT2D eigenvalue weighted by molar-refractivity contribution is -0.141. The van der Waals surface area contributed by atoms with Crippen LogP contribution in [0.5, 0.6) is 0 Å². The van der Waals surface area contributed by atoms with Crippen molar-refractivity contribution in [1.29, 1.82) is 0 Å². The topological polar surface area (TPSA) is 37.4 Å². The third-order valence-electron chi connectivity index (χ3n) is 2.62. The first-order valence-corrected chi connectivity index (χ1v) is 5.00. The Hall–Kier alpha value is -0.830. The summed E-state index contributed by atoms with van der Waals surface area (Å²) in [4.78, 5) is 23.2. The molecule has 78 valence electrons. The van der Waals surface area contributed by atoms with Crippen molar-refractivity contribution in [2.24, 2.45) is 11.8 Å². The number of hydrogen-bond donors (Lipinski definition) is 0. The lowest BCUT2D eigenvalue weighted by atomic mass is 9.83. The monoisotopic (exact) mass is 215 g/mol. The van der Waals surface area contributed by atoms with Crippen molar-refractivity contribution in [2.45, 2.75) is 19.8 Å². The second-order valence-corrected chi connectivity index (χ2v) is 4.21. The highest BCUT2D eigenvalue weighted by Crippen LogP contribution is 2.31. The number of imide groups is 1. The van der Waals surface area contributed by atoms with Crippen LogP contribution in [0.15, 0.2) is 11.1 Å². The molecule has 0 bridgehead atoms. The summed E-state index contributed by atoms with van der Waals surface area (Å²) in [5, 5.41) is 0.815. The first-order chi connectivity index (χ1) is 6.56. The normalized spacial score (nSPS) is 26.6. The Morgan fingerprint density at radius 3 is 2.86 bits per heavy atom. The van der Waals surface area contributed by atoms with E-state index in [1.165, 1.54) is 7.05 Å². The zero-order chi connectivity index (χ0) is 10.7. The van der Waals surface area contributed by atoms with Gasteiger partial charge in [0.15, 0.2) is 0 Å². The predicted molar refractivity (Wildman–Crippen MR) is 54.7 cm³/mol. The van der Waals surface area contributed by atoms with Crippen molar-refractivity contribution in [3.63, 3.8) is 0 Å². The summed E-state index contributed by atoms with van der Waals surface area (Å²) in [5.74, 6) is -0.0111. The van der Waals surface area contributed by atoms with Gasteiger partial charge in [0.2, 0.25) is 12.3 Å². The minimum atomic E-state index is -0.118. The van der Waals surface area contributed by atoms with Crippen molar-refractivity contribution in [3.8, 4) is 0 Å². The fourth-order valence-electron chi connectivity index (χ4n) is 1.68. The van der Waals surface area contributed by atoms with Gasteiger partial charge in [0.25, 0.3) is 0 Å². The van der Waals surface area contributed by atoms with Crippen molar-refractivity contribution in [1.82, 2.24) is 4.90 Å². The SMILES string of the molecule is CC1CC(Cl)=CCC1C(=O)N(C)C=O. The lowest BCUT2D eigenvalue weighted by Gasteiger charge is -2.27. The van der Waals surface area contributed by atoms with Crippen molar-refractivity contribution in [3.05, 3.63) is 11.1 Å². The minimum absolute atomic E-state index is 0.104. The fraction of sp³-hybridized carbons (Fsp3) is 0.600. The van der Waals surface area contributed by atoms with Gasteiger partial charge in [0.1, 0.15) is 0 Å². The van der Waals surface area contributed by atoms with E-state index in [4.69, 9.17) is 11.6 Å². The largest absolute Gasteiger partial charge is 0.288 e. The van der Waals surface area contributed by atoms with Crippen molar-refractivity contribution < 1.29 is 9.59 Å². The third-order valence-corrected chi connectivity index (χ3v) is 2.93. The molecular formula is C10H14ClNO2. The summed E-state index contributed by atoms with van der Waals surface area (Å²) in [7, 11) is 1.49. The number of allylic oxidation sites excluding steroid dienone is 2. The molecule has 0 saturated carbocycles. The molecule has 0 aromatic heterocycles. The molecule has 0 saturated heterocycles. The summed E-state index contributed by atoms with van der Waals surface area (Å²) >= 11 is 5.86. The first-order valence-electron chi connectivity index (χ1n) is 4.62. The molecule has 0 heterocycles. The first kappa shape index (κ1) is 11.2. The van der Waals surface area contributed by atoms with Crippen molar-refractivity contribution >= 4 is 23.9 Å². The summed E-state index contributed by atoms with van der Waals surface area (Å²) in [6.07, 6.45) is 3.78. The van der Waals surface area contributed by atoms with E-state index in [9.17, 15) is 9.59 Å². The average Bonchev–Trinajstić information content (AvgIpc) is 2.15. The predicted octanol–water partition coefficient (Wildman–Crippen LogP) is 1.77. The van der Waals surface area contributed by atoms with Crippen LogP contribution in [-0.2, 0) is 9.59 Å². The van der Waals surface area contributed by atoms with Gasteiger partial charge in [-0.05, 0) is 18.8 Å². The van der Waals surface area contributed by atoms with E-state index in [0.717, 1.165) is 16.4 Å². The molecule has 3 nitrogen and oxygen atoms in total. The molecule has 1 aliphatic rings. The Balaban J connectivity index is 2.70. The number of rotatable bonds is 2. The molecule has 0 radical (unpaired) electrons. The van der Waals surface area contributed by atoms with E-state index in [2.05, 4.69) is 0 Å². The standard InChI is InChI=1S/C10H14ClNO2/c1-7-5-8(11)3-4-9(7)10(14)12(2)6-13/h3,6-7,9H,4-5H2,1-2H3. The molecule has 1 rings (SSSR count). The van der Waals surface area contributed by atoms with Gasteiger partial charge in [-0.1, -0.05) is 24.6 Å². The summed E-state index contributed by atoms with van der Waals surface area (Å²) < 4.78 is 0. The van der Waals surface area contributed by atoms with Crippen LogP contribution in [0.3, 0.4) is 0 Å². The number of halogens is 1. The molecule has 14 heavy (non-hydrogen) atoms. The average molecular weight is 216 g/mol. The second kappa shape index (κ2) is 4.60. The number of amides is 2. The highest BCUT2D eigenvalue weighted by molar-refractivity contribution is 6.29. The third kappa shape index (κ3) is 2.35. The van der Waals surface area contributed by atoms with E-state index in [1.807, 2.05) is 13.0 Å². The number of carbonyl (C=O) groups is 2. The quantitative estimate of drug-likeness (QED) is 0.659. The minimum Gasteiger partial charge on any atom is -0.288 e. The summed E-state index contributed by atoms with van der Waals surface area (Å²) in [6.45, 7) is 1.98. The van der Waals surface area contributed by atoms with Crippen LogP contribution in [-0.4, -0.2) is 24.3 Å². The molecule has 0 N–H and O–H groups in total. The number of nitrogens with zero attached hydrogens (tertiary/aromatic N) is 1. The van der Waals surface area contributed by atoms with Crippen LogP contribution < -0.4 is 0 Å². The zero-order valence-electron chi connectivity index (χ0n) is 8.37. The van der Waals surface area contributed by atoms with E-state index in [-0.39, 0.29) is 17.7 Å². The molecule has 2 amide bonds. The lowest BCUT2D eigenvalue weighted by Crippen LogP contribution is -2.36. The molecule has 2 unspecified atom stereocenters.